The van der Waals surface area contributed by atoms with Gasteiger partial charge in [0.15, 0.2) is 11.6 Å². The molecule has 0 aliphatic carbocycles. The van der Waals surface area contributed by atoms with Gasteiger partial charge in [-0.15, -0.1) is 0 Å². The van der Waals surface area contributed by atoms with E-state index in [0.717, 1.165) is 27.8 Å². The average Bonchev–Trinajstić information content (AvgIpc) is 3.40. The van der Waals surface area contributed by atoms with Crippen LogP contribution < -0.4 is 4.74 Å². The molecule has 0 saturated carbocycles. The fourth-order valence-corrected chi connectivity index (χ4v) is 4.06. The van der Waals surface area contributed by atoms with E-state index in [1.807, 2.05) is 43.7 Å². The lowest BCUT2D eigenvalue weighted by molar-refractivity contribution is 0.0764. The molecule has 0 atom stereocenters. The van der Waals surface area contributed by atoms with Gasteiger partial charge in [-0.05, 0) is 40.5 Å². The van der Waals surface area contributed by atoms with Gasteiger partial charge in [0, 0.05) is 45.2 Å². The normalized spacial score (nSPS) is 12.8. The molecule has 0 fully saturated rings. The van der Waals surface area contributed by atoms with Gasteiger partial charge in [-0.1, -0.05) is 30.3 Å². The number of amides is 1. The summed E-state index contributed by atoms with van der Waals surface area (Å²) in [6, 6.07) is 14.3. The Labute approximate surface area is 196 Å². The van der Waals surface area contributed by atoms with Crippen LogP contribution in [0.2, 0.25) is 0 Å². The maximum absolute atomic E-state index is 14.4. The Kier molecular flexibility index (Phi) is 5.81. The number of nitrogens with zero attached hydrogens (tertiary/aromatic N) is 4. The first kappa shape index (κ1) is 21.8. The SMILES string of the molecule is COCc1ccc(F)c(Oc2nccc3c2C(=O)N(Cc2ccc(-c4cnn(C)c4)cc2)C3)c1. The molecule has 0 radical (unpaired) electrons. The highest BCUT2D eigenvalue weighted by Gasteiger charge is 2.32. The monoisotopic (exact) mass is 458 g/mol. The lowest BCUT2D eigenvalue weighted by Crippen LogP contribution is -2.23. The van der Waals surface area contributed by atoms with Crippen LogP contribution in [-0.4, -0.2) is 32.7 Å². The van der Waals surface area contributed by atoms with E-state index in [4.69, 9.17) is 9.47 Å². The van der Waals surface area contributed by atoms with E-state index < -0.39 is 5.82 Å². The predicted molar refractivity (Wildman–Crippen MR) is 124 cm³/mol. The number of hydrogen-bond donors (Lipinski definition) is 0. The number of halogens is 1. The van der Waals surface area contributed by atoms with Crippen molar-refractivity contribution in [2.45, 2.75) is 19.7 Å². The van der Waals surface area contributed by atoms with Crippen molar-refractivity contribution in [2.75, 3.05) is 7.11 Å². The molecular formula is C26H23FN4O3. The molecule has 8 heteroatoms. The van der Waals surface area contributed by atoms with Crippen molar-refractivity contribution in [2.24, 2.45) is 7.05 Å². The maximum atomic E-state index is 14.4. The van der Waals surface area contributed by atoms with Gasteiger partial charge < -0.3 is 14.4 Å². The minimum atomic E-state index is -0.532. The van der Waals surface area contributed by atoms with Gasteiger partial charge in [0.25, 0.3) is 5.91 Å². The highest BCUT2D eigenvalue weighted by atomic mass is 19.1. The number of fused-ring (bicyclic) bond motifs is 1. The second kappa shape index (κ2) is 9.07. The first-order valence-corrected chi connectivity index (χ1v) is 10.8. The molecule has 7 nitrogen and oxygen atoms in total. The second-order valence-corrected chi connectivity index (χ2v) is 8.21. The zero-order chi connectivity index (χ0) is 23.7. The van der Waals surface area contributed by atoms with E-state index in [0.29, 0.717) is 25.3 Å². The summed E-state index contributed by atoms with van der Waals surface area (Å²) in [6.45, 7) is 1.20. The van der Waals surface area contributed by atoms with Crippen molar-refractivity contribution in [3.63, 3.8) is 0 Å². The summed E-state index contributed by atoms with van der Waals surface area (Å²) in [4.78, 5) is 19.2. The van der Waals surface area contributed by atoms with E-state index in [2.05, 4.69) is 10.1 Å². The number of ether oxygens (including phenoxy) is 2. The van der Waals surface area contributed by atoms with Gasteiger partial charge in [-0.2, -0.15) is 5.10 Å². The molecule has 4 aromatic rings. The van der Waals surface area contributed by atoms with Crippen molar-refractivity contribution in [1.82, 2.24) is 19.7 Å². The molecule has 2 aromatic heterocycles. The van der Waals surface area contributed by atoms with Crippen LogP contribution in [0.1, 0.15) is 27.0 Å². The van der Waals surface area contributed by atoms with Crippen molar-refractivity contribution in [3.05, 3.63) is 95.2 Å². The maximum Gasteiger partial charge on any atom is 0.260 e. The Hall–Kier alpha value is -4.04. The number of rotatable bonds is 7. The molecule has 1 amide bonds. The third kappa shape index (κ3) is 4.27. The largest absolute Gasteiger partial charge is 0.435 e. The van der Waals surface area contributed by atoms with Crippen LogP contribution in [-0.2, 0) is 31.5 Å². The number of carbonyl (C=O) groups is 1. The molecule has 2 aromatic carbocycles. The number of carbonyl (C=O) groups excluding carboxylic acids is 1. The summed E-state index contributed by atoms with van der Waals surface area (Å²) in [5.74, 6) is -0.615. The molecule has 0 N–H and O–H groups in total. The fourth-order valence-electron chi connectivity index (χ4n) is 4.06. The van der Waals surface area contributed by atoms with Gasteiger partial charge in [0.05, 0.1) is 12.8 Å². The predicted octanol–water partition coefficient (Wildman–Crippen LogP) is 4.72. The van der Waals surface area contributed by atoms with Gasteiger partial charge in [-0.25, -0.2) is 9.37 Å². The molecule has 34 heavy (non-hydrogen) atoms. The molecule has 1 aliphatic heterocycles. The number of aryl methyl sites for hydroxylation is 1. The van der Waals surface area contributed by atoms with Crippen LogP contribution >= 0.6 is 0 Å². The van der Waals surface area contributed by atoms with Crippen LogP contribution in [0.3, 0.4) is 0 Å². The number of benzene rings is 2. The van der Waals surface area contributed by atoms with Crippen molar-refractivity contribution >= 4 is 5.91 Å². The lowest BCUT2D eigenvalue weighted by atomic mass is 10.1. The van der Waals surface area contributed by atoms with E-state index in [-0.39, 0.29) is 17.5 Å². The zero-order valence-electron chi connectivity index (χ0n) is 18.9. The van der Waals surface area contributed by atoms with E-state index in [9.17, 15) is 9.18 Å². The highest BCUT2D eigenvalue weighted by Crippen LogP contribution is 2.34. The summed E-state index contributed by atoms with van der Waals surface area (Å²) in [5, 5.41) is 4.21. The summed E-state index contributed by atoms with van der Waals surface area (Å²) >= 11 is 0. The first-order chi connectivity index (χ1) is 16.5. The van der Waals surface area contributed by atoms with Crippen LogP contribution in [0, 0.1) is 5.82 Å². The number of methoxy groups -OCH3 is 1. The Morgan fingerprint density at radius 1 is 1.06 bits per heavy atom. The summed E-state index contributed by atoms with van der Waals surface area (Å²) in [6.07, 6.45) is 5.35. The first-order valence-electron chi connectivity index (χ1n) is 10.8. The van der Waals surface area contributed by atoms with Crippen LogP contribution in [0.4, 0.5) is 4.39 Å². The Morgan fingerprint density at radius 3 is 2.59 bits per heavy atom. The Bertz CT molecular complexity index is 1350. The number of hydrogen-bond acceptors (Lipinski definition) is 5. The van der Waals surface area contributed by atoms with Gasteiger partial charge in [0.1, 0.15) is 5.56 Å². The Morgan fingerprint density at radius 2 is 1.85 bits per heavy atom. The van der Waals surface area contributed by atoms with Gasteiger partial charge >= 0.3 is 0 Å². The van der Waals surface area contributed by atoms with E-state index in [1.165, 1.54) is 6.07 Å². The van der Waals surface area contributed by atoms with Crippen molar-refractivity contribution in [3.8, 4) is 22.8 Å². The number of aromatic nitrogens is 3. The van der Waals surface area contributed by atoms with Crippen molar-refractivity contribution in [1.29, 1.82) is 0 Å². The van der Waals surface area contributed by atoms with Crippen LogP contribution in [0.15, 0.2) is 67.1 Å². The summed E-state index contributed by atoms with van der Waals surface area (Å²) < 4.78 is 27.0. The fraction of sp³-hybridized carbons (Fsp3) is 0.192. The van der Waals surface area contributed by atoms with Crippen LogP contribution in [0.25, 0.3) is 11.1 Å². The quantitative estimate of drug-likeness (QED) is 0.401. The summed E-state index contributed by atoms with van der Waals surface area (Å²) in [7, 11) is 3.45. The Balaban J connectivity index is 1.34. The average molecular weight is 458 g/mol. The lowest BCUT2D eigenvalue weighted by Gasteiger charge is -2.16. The number of pyridine rings is 1. The third-order valence-electron chi connectivity index (χ3n) is 5.74. The summed E-state index contributed by atoms with van der Waals surface area (Å²) in [5.41, 5.74) is 5.03. The smallest absolute Gasteiger partial charge is 0.260 e. The molecule has 0 spiro atoms. The van der Waals surface area contributed by atoms with Gasteiger partial charge in [0.2, 0.25) is 5.88 Å². The molecule has 5 rings (SSSR count). The highest BCUT2D eigenvalue weighted by molar-refractivity contribution is 6.00. The zero-order valence-corrected chi connectivity index (χ0v) is 18.9. The molecule has 3 heterocycles. The molecule has 1 aliphatic rings. The van der Waals surface area contributed by atoms with Crippen LogP contribution in [0.5, 0.6) is 11.6 Å². The molecule has 0 unspecified atom stereocenters. The molecule has 0 bridgehead atoms. The molecule has 0 saturated heterocycles. The van der Waals surface area contributed by atoms with E-state index >= 15 is 0 Å². The topological polar surface area (TPSA) is 69.5 Å². The molecule has 172 valence electrons. The molecular weight excluding hydrogens is 435 g/mol. The minimum absolute atomic E-state index is 0.00712. The van der Waals surface area contributed by atoms with Gasteiger partial charge in [-0.3, -0.25) is 9.48 Å². The second-order valence-electron chi connectivity index (χ2n) is 8.21. The minimum Gasteiger partial charge on any atom is -0.435 e. The van der Waals surface area contributed by atoms with Crippen molar-refractivity contribution < 1.29 is 18.7 Å². The third-order valence-corrected chi connectivity index (χ3v) is 5.74. The van der Waals surface area contributed by atoms with E-state index in [1.54, 1.807) is 41.1 Å². The standard InChI is InChI=1S/C26H23FN4O3/c1-30-14-21(12-29-30)19-6-3-17(4-7-19)13-31-15-20-9-10-28-25(24(20)26(31)32)34-23-11-18(16-33-2)5-8-22(23)27/h3-12,14H,13,15-16H2,1-2H3.